The molecule has 5 heteroatoms. The van der Waals surface area contributed by atoms with E-state index in [-0.39, 0.29) is 0 Å². The third-order valence-electron chi connectivity index (χ3n) is 3.74. The van der Waals surface area contributed by atoms with Crippen molar-refractivity contribution in [3.05, 3.63) is 35.5 Å². The molecule has 0 aliphatic heterocycles. The molecule has 0 spiro atoms. The first-order chi connectivity index (χ1) is 10.0. The summed E-state index contributed by atoms with van der Waals surface area (Å²) >= 11 is 0. The summed E-state index contributed by atoms with van der Waals surface area (Å²) in [6.07, 6.45) is 0. The molecule has 0 atom stereocenters. The van der Waals surface area contributed by atoms with E-state index in [1.807, 2.05) is 18.7 Å². The summed E-state index contributed by atoms with van der Waals surface area (Å²) in [4.78, 5) is 4.83. The fraction of sp³-hybridized carbons (Fsp3) is 0.375. The smallest absolute Gasteiger partial charge is 0.159 e. The Balaban J connectivity index is 2.31. The van der Waals surface area contributed by atoms with Gasteiger partial charge in [-0.3, -0.25) is 4.68 Å². The van der Waals surface area contributed by atoms with Crippen molar-refractivity contribution in [1.82, 2.24) is 19.3 Å². The lowest BCUT2D eigenvalue weighted by molar-refractivity contribution is 0.618. The molecule has 0 saturated carbocycles. The molecular weight excluding hydrogens is 262 g/mol. The lowest BCUT2D eigenvalue weighted by Crippen LogP contribution is -2.05. The van der Waals surface area contributed by atoms with Crippen LogP contribution in [0.15, 0.2) is 24.3 Å². The van der Waals surface area contributed by atoms with Crippen molar-refractivity contribution < 1.29 is 0 Å². The first kappa shape index (κ1) is 13.8. The van der Waals surface area contributed by atoms with Gasteiger partial charge in [0.05, 0.1) is 16.7 Å². The monoisotopic (exact) mass is 283 g/mol. The highest BCUT2D eigenvalue weighted by Crippen LogP contribution is 2.29. The van der Waals surface area contributed by atoms with E-state index in [2.05, 4.69) is 47.8 Å². The summed E-state index contributed by atoms with van der Waals surface area (Å²) in [5.74, 6) is 0.956. The Morgan fingerprint density at radius 2 is 2.00 bits per heavy atom. The number of benzene rings is 1. The Morgan fingerprint density at radius 1 is 1.24 bits per heavy atom. The van der Waals surface area contributed by atoms with E-state index in [1.165, 1.54) is 0 Å². The van der Waals surface area contributed by atoms with Crippen LogP contribution >= 0.6 is 0 Å². The number of imidazole rings is 1. The molecule has 1 aromatic carbocycles. The normalized spacial score (nSPS) is 11.7. The zero-order chi connectivity index (χ0) is 15.1. The van der Waals surface area contributed by atoms with E-state index < -0.39 is 0 Å². The Bertz CT molecular complexity index is 794. The molecule has 0 radical (unpaired) electrons. The summed E-state index contributed by atoms with van der Waals surface area (Å²) in [6.45, 7) is 6.87. The lowest BCUT2D eigenvalue weighted by Gasteiger charge is -2.13. The zero-order valence-electron chi connectivity index (χ0n) is 13.0. The molecule has 3 aromatic rings. The standard InChI is InChI=1S/C16H21N5/c1-10(2)21-14-6-5-12(9-17)8-13(14)18-16(21)15-7-11(3)19-20(15)4/h5-8,10H,9,17H2,1-4H3. The predicted octanol–water partition coefficient (Wildman–Crippen LogP) is 2.78. The van der Waals surface area contributed by atoms with Gasteiger partial charge in [-0.05, 0) is 44.5 Å². The molecule has 2 N–H and O–H groups in total. The molecule has 3 rings (SSSR count). The second-order valence-corrected chi connectivity index (χ2v) is 5.72. The molecule has 0 amide bonds. The van der Waals surface area contributed by atoms with Crippen molar-refractivity contribution in [2.45, 2.75) is 33.4 Å². The van der Waals surface area contributed by atoms with Crippen LogP contribution in [-0.2, 0) is 13.6 Å². The van der Waals surface area contributed by atoms with Crippen LogP contribution in [0.2, 0.25) is 0 Å². The largest absolute Gasteiger partial charge is 0.326 e. The van der Waals surface area contributed by atoms with Crippen LogP contribution in [0.4, 0.5) is 0 Å². The fourth-order valence-electron chi connectivity index (χ4n) is 2.79. The van der Waals surface area contributed by atoms with Crippen LogP contribution in [0.3, 0.4) is 0 Å². The summed E-state index contributed by atoms with van der Waals surface area (Å²) in [5.41, 5.74) is 11.0. The van der Waals surface area contributed by atoms with Gasteiger partial charge in [-0.1, -0.05) is 6.07 Å². The van der Waals surface area contributed by atoms with Gasteiger partial charge in [0.25, 0.3) is 0 Å². The van der Waals surface area contributed by atoms with Crippen molar-refractivity contribution in [2.24, 2.45) is 12.8 Å². The molecule has 5 nitrogen and oxygen atoms in total. The van der Waals surface area contributed by atoms with Crippen molar-refractivity contribution in [2.75, 3.05) is 0 Å². The number of aromatic nitrogens is 4. The van der Waals surface area contributed by atoms with Gasteiger partial charge in [0.15, 0.2) is 5.82 Å². The topological polar surface area (TPSA) is 61.7 Å². The van der Waals surface area contributed by atoms with Gasteiger partial charge < -0.3 is 10.3 Å². The maximum Gasteiger partial charge on any atom is 0.159 e. The van der Waals surface area contributed by atoms with Crippen LogP contribution < -0.4 is 5.73 Å². The summed E-state index contributed by atoms with van der Waals surface area (Å²) in [7, 11) is 1.96. The highest BCUT2D eigenvalue weighted by atomic mass is 15.3. The Kier molecular flexibility index (Phi) is 3.29. The van der Waals surface area contributed by atoms with E-state index in [1.54, 1.807) is 0 Å². The quantitative estimate of drug-likeness (QED) is 0.804. The molecule has 0 saturated heterocycles. The minimum atomic E-state index is 0.323. The van der Waals surface area contributed by atoms with E-state index in [4.69, 9.17) is 10.7 Å². The van der Waals surface area contributed by atoms with Crippen molar-refractivity contribution in [3.8, 4) is 11.5 Å². The van der Waals surface area contributed by atoms with Crippen LogP contribution in [0.5, 0.6) is 0 Å². The molecule has 21 heavy (non-hydrogen) atoms. The number of fused-ring (bicyclic) bond motifs is 1. The number of nitrogens with two attached hydrogens (primary N) is 1. The minimum Gasteiger partial charge on any atom is -0.326 e. The Labute approximate surface area is 124 Å². The Morgan fingerprint density at radius 3 is 2.57 bits per heavy atom. The van der Waals surface area contributed by atoms with Crippen molar-refractivity contribution in [1.29, 1.82) is 0 Å². The van der Waals surface area contributed by atoms with Gasteiger partial charge in [0.1, 0.15) is 5.69 Å². The second kappa shape index (κ2) is 5.00. The zero-order valence-corrected chi connectivity index (χ0v) is 13.0. The van der Waals surface area contributed by atoms with Gasteiger partial charge in [0, 0.05) is 19.6 Å². The van der Waals surface area contributed by atoms with Crippen LogP contribution in [0.1, 0.15) is 31.1 Å². The molecule has 2 aromatic heterocycles. The van der Waals surface area contributed by atoms with E-state index in [0.29, 0.717) is 12.6 Å². The molecule has 0 unspecified atom stereocenters. The second-order valence-electron chi connectivity index (χ2n) is 5.72. The van der Waals surface area contributed by atoms with E-state index in [9.17, 15) is 0 Å². The average Bonchev–Trinajstić information content (AvgIpc) is 2.97. The minimum absolute atomic E-state index is 0.323. The van der Waals surface area contributed by atoms with Crippen LogP contribution in [0, 0.1) is 6.92 Å². The summed E-state index contributed by atoms with van der Waals surface area (Å²) in [5, 5.41) is 4.44. The first-order valence-electron chi connectivity index (χ1n) is 7.23. The molecule has 2 heterocycles. The van der Waals surface area contributed by atoms with Gasteiger partial charge in [-0.15, -0.1) is 0 Å². The van der Waals surface area contributed by atoms with E-state index >= 15 is 0 Å². The molecule has 0 bridgehead atoms. The number of aryl methyl sites for hydroxylation is 2. The summed E-state index contributed by atoms with van der Waals surface area (Å²) < 4.78 is 4.14. The molecule has 0 aliphatic rings. The molecule has 0 fully saturated rings. The number of hydrogen-bond acceptors (Lipinski definition) is 3. The Hall–Kier alpha value is -2.14. The number of rotatable bonds is 3. The highest BCUT2D eigenvalue weighted by Gasteiger charge is 2.18. The SMILES string of the molecule is Cc1cc(-c2nc3cc(CN)ccc3n2C(C)C)n(C)n1. The van der Waals surface area contributed by atoms with Crippen molar-refractivity contribution >= 4 is 11.0 Å². The van der Waals surface area contributed by atoms with Gasteiger partial charge in [-0.2, -0.15) is 5.10 Å². The van der Waals surface area contributed by atoms with E-state index in [0.717, 1.165) is 33.8 Å². The maximum atomic E-state index is 5.74. The van der Waals surface area contributed by atoms with Gasteiger partial charge in [-0.25, -0.2) is 4.98 Å². The van der Waals surface area contributed by atoms with Gasteiger partial charge >= 0.3 is 0 Å². The first-order valence-corrected chi connectivity index (χ1v) is 7.23. The lowest BCUT2D eigenvalue weighted by atomic mass is 10.2. The number of nitrogens with zero attached hydrogens (tertiary/aromatic N) is 4. The fourth-order valence-corrected chi connectivity index (χ4v) is 2.79. The predicted molar refractivity (Wildman–Crippen MR) is 84.9 cm³/mol. The van der Waals surface area contributed by atoms with Crippen LogP contribution in [0.25, 0.3) is 22.6 Å². The average molecular weight is 283 g/mol. The third kappa shape index (κ3) is 2.23. The van der Waals surface area contributed by atoms with Crippen molar-refractivity contribution in [3.63, 3.8) is 0 Å². The third-order valence-corrected chi connectivity index (χ3v) is 3.74. The maximum absolute atomic E-state index is 5.74. The summed E-state index contributed by atoms with van der Waals surface area (Å²) in [6, 6.07) is 8.65. The molecule has 110 valence electrons. The van der Waals surface area contributed by atoms with Crippen LogP contribution in [-0.4, -0.2) is 19.3 Å². The van der Waals surface area contributed by atoms with Gasteiger partial charge in [0.2, 0.25) is 0 Å². The number of hydrogen-bond donors (Lipinski definition) is 1. The molecular formula is C16H21N5. The highest BCUT2D eigenvalue weighted by molar-refractivity contribution is 5.81. The molecule has 0 aliphatic carbocycles.